The summed E-state index contributed by atoms with van der Waals surface area (Å²) in [7, 11) is 1.59. The van der Waals surface area contributed by atoms with Crippen molar-refractivity contribution in [1.29, 1.82) is 0 Å². The number of carbonyl (C=O) groups is 2. The molecule has 0 radical (unpaired) electrons. The normalized spacial score (nSPS) is 18.0. The maximum atomic E-state index is 13.8. The number of carbonyl (C=O) groups excluding carboxylic acids is 2. The van der Waals surface area contributed by atoms with E-state index in [0.29, 0.717) is 24.3 Å². The Kier molecular flexibility index (Phi) is 6.73. The molecule has 0 saturated carbocycles. The summed E-state index contributed by atoms with van der Waals surface area (Å²) >= 11 is 0. The van der Waals surface area contributed by atoms with E-state index in [1.807, 2.05) is 25.1 Å². The minimum absolute atomic E-state index is 0.139. The summed E-state index contributed by atoms with van der Waals surface area (Å²) in [5.41, 5.74) is 3.08. The highest BCUT2D eigenvalue weighted by Gasteiger charge is 2.36. The molecule has 2 atom stereocenters. The number of nitrogens with zero attached hydrogens (tertiary/aromatic N) is 1. The molecule has 0 bridgehead atoms. The molecule has 4 rings (SSSR count). The number of rotatable bonds is 5. The van der Waals surface area contributed by atoms with Crippen LogP contribution >= 0.6 is 0 Å². The summed E-state index contributed by atoms with van der Waals surface area (Å²) in [5.74, 6) is -0.536. The van der Waals surface area contributed by atoms with Gasteiger partial charge in [-0.1, -0.05) is 35.9 Å². The average Bonchev–Trinajstić information content (AvgIpc) is 2.83. The van der Waals surface area contributed by atoms with E-state index in [2.05, 4.69) is 11.4 Å². The Hall–Kier alpha value is -3.67. The second-order valence-electron chi connectivity index (χ2n) is 8.39. The summed E-state index contributed by atoms with van der Waals surface area (Å²) in [6.45, 7) is 2.27. The van der Waals surface area contributed by atoms with Crippen molar-refractivity contribution in [2.24, 2.45) is 5.92 Å². The maximum absolute atomic E-state index is 13.8. The van der Waals surface area contributed by atoms with Gasteiger partial charge in [0.25, 0.3) is 5.91 Å². The number of methoxy groups -OCH3 is 1. The molecule has 6 heteroatoms. The van der Waals surface area contributed by atoms with Crippen molar-refractivity contribution in [2.45, 2.75) is 25.8 Å². The second-order valence-corrected chi connectivity index (χ2v) is 8.39. The number of amides is 2. The van der Waals surface area contributed by atoms with E-state index in [1.165, 1.54) is 18.2 Å². The fraction of sp³-hybridized carbons (Fsp3) is 0.259. The maximum Gasteiger partial charge on any atom is 0.254 e. The lowest BCUT2D eigenvalue weighted by molar-refractivity contribution is -0.121. The second kappa shape index (κ2) is 9.86. The lowest BCUT2D eigenvalue weighted by atomic mass is 9.87. The summed E-state index contributed by atoms with van der Waals surface area (Å²) in [6, 6.07) is 20.7. The van der Waals surface area contributed by atoms with Crippen molar-refractivity contribution in [3.05, 3.63) is 95.3 Å². The van der Waals surface area contributed by atoms with Gasteiger partial charge in [-0.15, -0.1) is 0 Å². The largest absolute Gasteiger partial charge is 0.497 e. The average molecular weight is 447 g/mol. The van der Waals surface area contributed by atoms with Gasteiger partial charge >= 0.3 is 0 Å². The van der Waals surface area contributed by atoms with Crippen molar-refractivity contribution in [3.63, 3.8) is 0 Å². The Labute approximate surface area is 193 Å². The number of aryl methyl sites for hydroxylation is 1. The lowest BCUT2D eigenvalue weighted by Crippen LogP contribution is -2.45. The van der Waals surface area contributed by atoms with Crippen molar-refractivity contribution >= 4 is 17.5 Å². The van der Waals surface area contributed by atoms with Crippen LogP contribution in [0.15, 0.2) is 72.8 Å². The van der Waals surface area contributed by atoms with E-state index in [1.54, 1.807) is 42.3 Å². The molecule has 3 aromatic rings. The number of halogens is 1. The molecular formula is C27H27FN2O3. The van der Waals surface area contributed by atoms with Crippen LogP contribution in [0, 0.1) is 18.7 Å². The third-order valence-electron chi connectivity index (χ3n) is 6.07. The number of hydrogen-bond acceptors (Lipinski definition) is 3. The van der Waals surface area contributed by atoms with Crippen LogP contribution in [0.5, 0.6) is 5.75 Å². The molecule has 2 amide bonds. The van der Waals surface area contributed by atoms with Gasteiger partial charge in [-0.2, -0.15) is 0 Å². The molecule has 0 unspecified atom stereocenters. The van der Waals surface area contributed by atoms with Crippen LogP contribution in [-0.4, -0.2) is 30.4 Å². The zero-order chi connectivity index (χ0) is 23.4. The first kappa shape index (κ1) is 22.5. The molecule has 33 heavy (non-hydrogen) atoms. The van der Waals surface area contributed by atoms with Gasteiger partial charge in [0, 0.05) is 17.8 Å². The molecule has 0 aromatic heterocycles. The smallest absolute Gasteiger partial charge is 0.254 e. The van der Waals surface area contributed by atoms with Crippen LogP contribution in [-0.2, 0) is 4.79 Å². The highest BCUT2D eigenvalue weighted by atomic mass is 19.1. The van der Waals surface area contributed by atoms with E-state index in [-0.39, 0.29) is 35.9 Å². The zero-order valence-corrected chi connectivity index (χ0v) is 18.8. The number of anilines is 1. The van der Waals surface area contributed by atoms with Gasteiger partial charge in [-0.3, -0.25) is 9.59 Å². The molecule has 5 nitrogen and oxygen atoms in total. The van der Waals surface area contributed by atoms with E-state index in [9.17, 15) is 14.0 Å². The summed E-state index contributed by atoms with van der Waals surface area (Å²) in [4.78, 5) is 28.2. The number of piperidine rings is 1. The summed E-state index contributed by atoms with van der Waals surface area (Å²) in [5, 5.41) is 2.94. The predicted octanol–water partition coefficient (Wildman–Crippen LogP) is 5.37. The molecule has 1 aliphatic rings. The van der Waals surface area contributed by atoms with Crippen LogP contribution in [0.3, 0.4) is 0 Å². The Balaban J connectivity index is 1.57. The van der Waals surface area contributed by atoms with Gasteiger partial charge in [0.1, 0.15) is 11.6 Å². The number of ether oxygens (including phenoxy) is 1. The molecule has 0 spiro atoms. The number of likely N-dealkylation sites (tertiary alicyclic amines) is 1. The molecule has 170 valence electrons. The molecular weight excluding hydrogens is 419 g/mol. The monoisotopic (exact) mass is 446 g/mol. The Morgan fingerprint density at radius 1 is 1.00 bits per heavy atom. The van der Waals surface area contributed by atoms with Gasteiger partial charge in [0.2, 0.25) is 5.91 Å². The van der Waals surface area contributed by atoms with Crippen molar-refractivity contribution < 1.29 is 18.7 Å². The lowest BCUT2D eigenvalue weighted by Gasteiger charge is -2.39. The van der Waals surface area contributed by atoms with Crippen molar-refractivity contribution in [3.8, 4) is 5.75 Å². The standard InChI is InChI=1S/C27H27FN2O3/c1-18-5-3-6-19(15-18)25-14-9-21(26(31)29-23-10-12-24(33-2)13-11-23)17-30(25)27(32)20-7-4-8-22(28)16-20/h3-8,10-13,15-16,21,25H,9,14,17H2,1-2H3,(H,29,31)/t21-,25-/m1/s1. The SMILES string of the molecule is COc1ccc(NC(=O)[C@@H]2CC[C@H](c3cccc(C)c3)N(C(=O)c3cccc(F)c3)C2)cc1. The fourth-order valence-corrected chi connectivity index (χ4v) is 4.34. The van der Waals surface area contributed by atoms with Gasteiger partial charge in [-0.25, -0.2) is 4.39 Å². The Morgan fingerprint density at radius 2 is 1.76 bits per heavy atom. The molecule has 1 aliphatic heterocycles. The zero-order valence-electron chi connectivity index (χ0n) is 18.8. The third-order valence-corrected chi connectivity index (χ3v) is 6.07. The number of nitrogens with one attached hydrogen (secondary N) is 1. The Bertz CT molecular complexity index is 1150. The molecule has 1 fully saturated rings. The van der Waals surface area contributed by atoms with Crippen LogP contribution in [0.1, 0.15) is 40.4 Å². The van der Waals surface area contributed by atoms with E-state index in [4.69, 9.17) is 4.74 Å². The Morgan fingerprint density at radius 3 is 2.45 bits per heavy atom. The topological polar surface area (TPSA) is 58.6 Å². The van der Waals surface area contributed by atoms with Gasteiger partial charge < -0.3 is 15.0 Å². The minimum atomic E-state index is -0.459. The molecule has 0 aliphatic carbocycles. The fourth-order valence-electron chi connectivity index (χ4n) is 4.34. The van der Waals surface area contributed by atoms with Gasteiger partial charge in [-0.05, 0) is 67.8 Å². The highest BCUT2D eigenvalue weighted by Crippen LogP contribution is 2.35. The van der Waals surface area contributed by atoms with Gasteiger partial charge in [0.05, 0.1) is 19.1 Å². The molecule has 1 N–H and O–H groups in total. The van der Waals surface area contributed by atoms with Crippen molar-refractivity contribution in [1.82, 2.24) is 4.90 Å². The van der Waals surface area contributed by atoms with Crippen LogP contribution in [0.4, 0.5) is 10.1 Å². The first-order valence-electron chi connectivity index (χ1n) is 11.0. The predicted molar refractivity (Wildman–Crippen MR) is 126 cm³/mol. The summed E-state index contributed by atoms with van der Waals surface area (Å²) in [6.07, 6.45) is 1.29. The minimum Gasteiger partial charge on any atom is -0.497 e. The van der Waals surface area contributed by atoms with E-state index >= 15 is 0 Å². The summed E-state index contributed by atoms with van der Waals surface area (Å²) < 4.78 is 19.0. The van der Waals surface area contributed by atoms with E-state index < -0.39 is 5.82 Å². The van der Waals surface area contributed by atoms with Crippen LogP contribution < -0.4 is 10.1 Å². The molecule has 3 aromatic carbocycles. The van der Waals surface area contributed by atoms with Gasteiger partial charge in [0.15, 0.2) is 0 Å². The van der Waals surface area contributed by atoms with Crippen LogP contribution in [0.25, 0.3) is 0 Å². The van der Waals surface area contributed by atoms with Crippen molar-refractivity contribution in [2.75, 3.05) is 19.0 Å². The number of hydrogen-bond donors (Lipinski definition) is 1. The third kappa shape index (κ3) is 5.22. The number of benzene rings is 3. The highest BCUT2D eigenvalue weighted by molar-refractivity contribution is 5.96. The molecule has 1 heterocycles. The molecule has 1 saturated heterocycles. The first-order valence-corrected chi connectivity index (χ1v) is 11.0. The first-order chi connectivity index (χ1) is 15.9. The van der Waals surface area contributed by atoms with E-state index in [0.717, 1.165) is 11.1 Å². The quantitative estimate of drug-likeness (QED) is 0.573. The van der Waals surface area contributed by atoms with Crippen LogP contribution in [0.2, 0.25) is 0 Å².